The average Bonchev–Trinajstić information content (AvgIpc) is 2.44. The van der Waals surface area contributed by atoms with Gasteiger partial charge in [-0.15, -0.1) is 0 Å². The second-order valence-corrected chi connectivity index (χ2v) is 10.1. The third kappa shape index (κ3) is 9.09. The van der Waals surface area contributed by atoms with Gasteiger partial charge in [-0.3, -0.25) is 0 Å². The Kier molecular flexibility index (Phi) is 5.07. The Morgan fingerprint density at radius 1 is 0.913 bits per heavy atom. The standard InChI is InChI=1S/C14H13N2.6FH.Sb/c1-12(13-7-3-2-4-8-13)16-10-6-5-9-14(16)11-15;;;;;;;/h2-10,12H,1H3;6*1H;/q+1;;;;;;;+5/p-6. The van der Waals surface area contributed by atoms with Gasteiger partial charge >= 0.3 is 36.4 Å². The number of aromatic nitrogens is 1. The van der Waals surface area contributed by atoms with Crippen LogP contribution < -0.4 is 4.57 Å². The monoisotopic (exact) mass is 444 g/mol. The topological polar surface area (TPSA) is 27.7 Å². The van der Waals surface area contributed by atoms with Crippen molar-refractivity contribution in [1.82, 2.24) is 0 Å². The van der Waals surface area contributed by atoms with Gasteiger partial charge in [-0.2, -0.15) is 9.83 Å². The van der Waals surface area contributed by atoms with Gasteiger partial charge in [-0.1, -0.05) is 30.3 Å². The van der Waals surface area contributed by atoms with Crippen molar-refractivity contribution in [1.29, 1.82) is 5.26 Å². The van der Waals surface area contributed by atoms with E-state index in [1.54, 1.807) is 0 Å². The molecule has 2 nitrogen and oxygen atoms in total. The molecule has 1 aromatic heterocycles. The SMILES string of the molecule is CC(c1ccccc1)[n+]1ccccc1C#N.[F][Sb-]([F])([F])([F])([F])[F]. The summed E-state index contributed by atoms with van der Waals surface area (Å²) in [5.41, 5.74) is 1.88. The van der Waals surface area contributed by atoms with Gasteiger partial charge in [0.05, 0.1) is 0 Å². The number of hydrogen-bond donors (Lipinski definition) is 0. The van der Waals surface area contributed by atoms with E-state index >= 15 is 0 Å². The molecule has 2 aromatic rings. The van der Waals surface area contributed by atoms with Crippen molar-refractivity contribution in [2.75, 3.05) is 0 Å². The van der Waals surface area contributed by atoms with E-state index in [2.05, 4.69) is 25.1 Å². The van der Waals surface area contributed by atoms with Crippen LogP contribution in [0.3, 0.4) is 0 Å². The predicted molar refractivity (Wildman–Crippen MR) is 74.0 cm³/mol. The molecule has 0 bridgehead atoms. The maximum absolute atomic E-state index is 11.2. The van der Waals surface area contributed by atoms with Gasteiger partial charge in [0.1, 0.15) is 0 Å². The molecule has 0 saturated heterocycles. The summed E-state index contributed by atoms with van der Waals surface area (Å²) in [5.74, 6) is 0. The van der Waals surface area contributed by atoms with Gasteiger partial charge in [0.15, 0.2) is 18.3 Å². The van der Waals surface area contributed by atoms with Crippen molar-refractivity contribution in [3.63, 3.8) is 0 Å². The van der Waals surface area contributed by atoms with E-state index in [-0.39, 0.29) is 6.04 Å². The van der Waals surface area contributed by atoms with Crippen LogP contribution in [0, 0.1) is 11.3 Å². The van der Waals surface area contributed by atoms with Gasteiger partial charge in [0, 0.05) is 24.6 Å². The molecular weight excluding hydrogens is 432 g/mol. The Bertz CT molecular complexity index is 696. The van der Waals surface area contributed by atoms with Gasteiger partial charge in [-0.25, -0.2) is 0 Å². The summed E-state index contributed by atoms with van der Waals surface area (Å²) in [7, 11) is 0. The molecule has 0 aliphatic heterocycles. The minimum absolute atomic E-state index is 0.178. The molecule has 1 unspecified atom stereocenters. The van der Waals surface area contributed by atoms with Crippen LogP contribution in [0.4, 0.5) is 16.9 Å². The fraction of sp³-hybridized carbons (Fsp3) is 0.143. The third-order valence-corrected chi connectivity index (χ3v) is 2.70. The Morgan fingerprint density at radius 2 is 1.39 bits per heavy atom. The zero-order valence-corrected chi connectivity index (χ0v) is 14.4. The van der Waals surface area contributed by atoms with Crippen molar-refractivity contribution in [2.24, 2.45) is 0 Å². The Labute approximate surface area is 131 Å². The molecule has 1 atom stereocenters. The summed E-state index contributed by atoms with van der Waals surface area (Å²) in [6.45, 7) is 2.09. The maximum atomic E-state index is 9.93. The normalized spacial score (nSPS) is 15.2. The second-order valence-electron chi connectivity index (χ2n) is 4.65. The molecule has 126 valence electrons. The summed E-state index contributed by atoms with van der Waals surface area (Å²) in [4.78, 5) is 0. The van der Waals surface area contributed by atoms with Crippen molar-refractivity contribution >= 4 is 19.5 Å². The first-order valence-electron chi connectivity index (χ1n) is 6.29. The molecule has 0 aliphatic rings. The van der Waals surface area contributed by atoms with Crippen LogP contribution in [0.5, 0.6) is 0 Å². The van der Waals surface area contributed by atoms with Gasteiger partial charge in [0.2, 0.25) is 0 Å². The molecule has 0 fully saturated rings. The zero-order valence-electron chi connectivity index (χ0n) is 11.9. The summed E-state index contributed by atoms with van der Waals surface area (Å²) >= 11 is -11.2. The van der Waals surface area contributed by atoms with Crippen molar-refractivity contribution in [3.8, 4) is 6.07 Å². The number of nitriles is 1. The van der Waals surface area contributed by atoms with E-state index in [1.165, 1.54) is 5.56 Å². The molecule has 1 heterocycles. The predicted octanol–water partition coefficient (Wildman–Crippen LogP) is 4.60. The first-order chi connectivity index (χ1) is 10.3. The molecule has 1 aromatic carbocycles. The van der Waals surface area contributed by atoms with E-state index in [4.69, 9.17) is 5.26 Å². The molecule has 0 saturated carbocycles. The van der Waals surface area contributed by atoms with Crippen LogP contribution in [0.2, 0.25) is 0 Å². The van der Waals surface area contributed by atoms with Crippen molar-refractivity contribution in [2.45, 2.75) is 13.0 Å². The first kappa shape index (κ1) is 19.3. The van der Waals surface area contributed by atoms with Crippen molar-refractivity contribution in [3.05, 3.63) is 66.0 Å². The number of nitrogens with zero attached hydrogens (tertiary/aromatic N) is 2. The molecule has 2 rings (SSSR count). The van der Waals surface area contributed by atoms with Gasteiger partial charge in [0.25, 0.3) is 5.69 Å². The van der Waals surface area contributed by atoms with E-state index in [1.807, 2.05) is 47.2 Å². The number of halogens is 6. The van der Waals surface area contributed by atoms with E-state index in [9.17, 15) is 16.9 Å². The summed E-state index contributed by atoms with van der Waals surface area (Å²) in [6, 6.07) is 18.2. The van der Waals surface area contributed by atoms with Gasteiger partial charge < -0.3 is 0 Å². The molecule has 23 heavy (non-hydrogen) atoms. The fourth-order valence-electron chi connectivity index (χ4n) is 1.78. The van der Waals surface area contributed by atoms with Crippen LogP contribution in [0.25, 0.3) is 0 Å². The zero-order chi connectivity index (χ0) is 17.8. The Balaban J connectivity index is 0.000000322. The van der Waals surface area contributed by atoms with Crippen LogP contribution in [-0.2, 0) is 0 Å². The number of rotatable bonds is 2. The first-order valence-corrected chi connectivity index (χ1v) is 12.1. The minimum atomic E-state index is -11.2. The van der Waals surface area contributed by atoms with Crippen molar-refractivity contribution < 1.29 is 21.4 Å². The molecule has 0 radical (unpaired) electrons. The van der Waals surface area contributed by atoms with E-state index in [0.29, 0.717) is 5.69 Å². The van der Waals surface area contributed by atoms with E-state index < -0.39 is 19.5 Å². The summed E-state index contributed by atoms with van der Waals surface area (Å²) in [5, 5.41) is 9.04. The Hall–Kier alpha value is -1.74. The van der Waals surface area contributed by atoms with Gasteiger partial charge in [-0.05, 0) is 6.07 Å². The summed E-state index contributed by atoms with van der Waals surface area (Å²) < 4.78 is 61.5. The third-order valence-electron chi connectivity index (χ3n) is 2.70. The van der Waals surface area contributed by atoms with E-state index in [0.717, 1.165) is 0 Å². The van der Waals surface area contributed by atoms with Crippen LogP contribution in [0.15, 0.2) is 54.7 Å². The molecule has 9 heteroatoms. The molecule has 0 N–H and O–H groups in total. The second kappa shape index (κ2) is 6.04. The number of hydrogen-bond acceptors (Lipinski definition) is 1. The number of pyridine rings is 1. The molecule has 0 spiro atoms. The fourth-order valence-corrected chi connectivity index (χ4v) is 1.78. The molecule has 0 aliphatic carbocycles. The molecule has 0 amide bonds. The quantitative estimate of drug-likeness (QED) is 0.378. The van der Waals surface area contributed by atoms with Crippen LogP contribution >= 0.6 is 0 Å². The van der Waals surface area contributed by atoms with Crippen LogP contribution in [0.1, 0.15) is 24.2 Å². The molecular formula is C14H13F6N2Sb. The average molecular weight is 445 g/mol. The Morgan fingerprint density at radius 3 is 1.87 bits per heavy atom. The number of benzene rings is 1. The summed E-state index contributed by atoms with van der Waals surface area (Å²) in [6.07, 6.45) is 1.94. The van der Waals surface area contributed by atoms with Crippen LogP contribution in [-0.4, -0.2) is 19.5 Å².